The highest BCUT2D eigenvalue weighted by molar-refractivity contribution is 5.56. The molecular formula is C29H36N2O5. The zero-order valence-corrected chi connectivity index (χ0v) is 21.8. The Morgan fingerprint density at radius 2 is 1.08 bits per heavy atom. The number of benzene rings is 3. The van der Waals surface area contributed by atoms with Gasteiger partial charge >= 0.3 is 0 Å². The normalized spacial score (nSPS) is 14.9. The first kappa shape index (κ1) is 25.7. The molecule has 0 spiro atoms. The van der Waals surface area contributed by atoms with E-state index in [0.717, 1.165) is 49.7 Å². The first-order chi connectivity index (χ1) is 17.6. The lowest BCUT2D eigenvalue weighted by molar-refractivity contribution is -0.0105. The summed E-state index contributed by atoms with van der Waals surface area (Å²) in [5.41, 5.74) is 3.51. The summed E-state index contributed by atoms with van der Waals surface area (Å²) in [6.07, 6.45) is 1.05. The fourth-order valence-corrected chi connectivity index (χ4v) is 4.94. The third-order valence-electron chi connectivity index (χ3n) is 6.68. The van der Waals surface area contributed by atoms with E-state index < -0.39 is 0 Å². The van der Waals surface area contributed by atoms with E-state index in [1.807, 2.05) is 30.3 Å². The van der Waals surface area contributed by atoms with Crippen LogP contribution in [0.25, 0.3) is 0 Å². The Kier molecular flexibility index (Phi) is 8.57. The van der Waals surface area contributed by atoms with Crippen molar-refractivity contribution >= 4 is 0 Å². The summed E-state index contributed by atoms with van der Waals surface area (Å²) in [5, 5.41) is 0. The van der Waals surface area contributed by atoms with Gasteiger partial charge in [-0.15, -0.1) is 0 Å². The van der Waals surface area contributed by atoms with Gasteiger partial charge in [-0.1, -0.05) is 24.3 Å². The van der Waals surface area contributed by atoms with Crippen LogP contribution in [0.3, 0.4) is 0 Å². The second-order valence-corrected chi connectivity index (χ2v) is 8.79. The van der Waals surface area contributed by atoms with Gasteiger partial charge in [-0.05, 0) is 53.9 Å². The van der Waals surface area contributed by atoms with Crippen molar-refractivity contribution in [2.75, 3.05) is 48.6 Å². The number of nitrogens with zero attached hydrogens (tertiary/aromatic N) is 2. The average molecular weight is 493 g/mol. The lowest BCUT2D eigenvalue weighted by Crippen LogP contribution is -2.47. The smallest absolute Gasteiger partial charge is 0.203 e. The summed E-state index contributed by atoms with van der Waals surface area (Å²) in [5.74, 6) is 3.67. The Hall–Kier alpha value is -3.42. The lowest BCUT2D eigenvalue weighted by Gasteiger charge is -2.45. The molecule has 7 heteroatoms. The maximum atomic E-state index is 5.93. The van der Waals surface area contributed by atoms with Crippen LogP contribution in [0.15, 0.2) is 60.7 Å². The summed E-state index contributed by atoms with van der Waals surface area (Å²) >= 11 is 0. The highest BCUT2D eigenvalue weighted by Crippen LogP contribution is 2.45. The molecular weight excluding hydrogens is 456 g/mol. The van der Waals surface area contributed by atoms with Gasteiger partial charge in [-0.3, -0.25) is 9.80 Å². The topological polar surface area (TPSA) is 52.6 Å². The van der Waals surface area contributed by atoms with Crippen LogP contribution >= 0.6 is 0 Å². The number of methoxy groups -OCH3 is 5. The Bertz CT molecular complexity index is 1060. The number of ether oxygens (including phenoxy) is 5. The largest absolute Gasteiger partial charge is 0.497 e. The van der Waals surface area contributed by atoms with Gasteiger partial charge in [0.25, 0.3) is 0 Å². The van der Waals surface area contributed by atoms with Gasteiger partial charge in [-0.2, -0.15) is 0 Å². The first-order valence-corrected chi connectivity index (χ1v) is 12.1. The minimum Gasteiger partial charge on any atom is -0.497 e. The highest BCUT2D eigenvalue weighted by Gasteiger charge is 2.34. The van der Waals surface area contributed by atoms with Crippen LogP contribution in [0.1, 0.15) is 29.3 Å². The molecule has 1 heterocycles. The van der Waals surface area contributed by atoms with Crippen LogP contribution in [0.2, 0.25) is 0 Å². The van der Waals surface area contributed by atoms with Crippen molar-refractivity contribution in [3.63, 3.8) is 0 Å². The van der Waals surface area contributed by atoms with Crippen molar-refractivity contribution in [3.05, 3.63) is 77.4 Å². The SMILES string of the molecule is COc1ccc(CN2CCCN(Cc3ccc(OC)cc3)C2c2ccc(OC)c(OC)c2OC)cc1. The van der Waals surface area contributed by atoms with Gasteiger partial charge < -0.3 is 23.7 Å². The van der Waals surface area contributed by atoms with Gasteiger partial charge in [0.1, 0.15) is 11.5 Å². The third-order valence-corrected chi connectivity index (χ3v) is 6.68. The van der Waals surface area contributed by atoms with Crippen molar-refractivity contribution in [3.8, 4) is 28.7 Å². The number of rotatable bonds is 10. The highest BCUT2D eigenvalue weighted by atomic mass is 16.5. The van der Waals surface area contributed by atoms with E-state index in [0.29, 0.717) is 17.2 Å². The molecule has 4 rings (SSSR count). The van der Waals surface area contributed by atoms with Crippen LogP contribution < -0.4 is 23.7 Å². The van der Waals surface area contributed by atoms with Crippen LogP contribution in [0.5, 0.6) is 28.7 Å². The molecule has 36 heavy (non-hydrogen) atoms. The molecule has 0 atom stereocenters. The second-order valence-electron chi connectivity index (χ2n) is 8.79. The fourth-order valence-electron chi connectivity index (χ4n) is 4.94. The van der Waals surface area contributed by atoms with Gasteiger partial charge in [0.15, 0.2) is 11.5 Å². The van der Waals surface area contributed by atoms with Crippen molar-refractivity contribution < 1.29 is 23.7 Å². The Labute approximate surface area is 214 Å². The van der Waals surface area contributed by atoms with Gasteiger partial charge in [0, 0.05) is 31.7 Å². The molecule has 0 amide bonds. The van der Waals surface area contributed by atoms with E-state index >= 15 is 0 Å². The molecule has 1 aliphatic rings. The summed E-state index contributed by atoms with van der Waals surface area (Å²) < 4.78 is 27.9. The van der Waals surface area contributed by atoms with E-state index in [1.165, 1.54) is 11.1 Å². The second kappa shape index (κ2) is 12.0. The van der Waals surface area contributed by atoms with Gasteiger partial charge in [-0.25, -0.2) is 0 Å². The number of hydrogen-bond donors (Lipinski definition) is 0. The summed E-state index contributed by atoms with van der Waals surface area (Å²) in [4.78, 5) is 5.00. The quantitative estimate of drug-likeness (QED) is 0.389. The Balaban J connectivity index is 1.73. The predicted molar refractivity (Wildman–Crippen MR) is 140 cm³/mol. The van der Waals surface area contributed by atoms with Crippen molar-refractivity contribution in [1.29, 1.82) is 0 Å². The Morgan fingerprint density at radius 3 is 1.50 bits per heavy atom. The number of hydrogen-bond acceptors (Lipinski definition) is 7. The molecule has 1 fully saturated rings. The molecule has 1 saturated heterocycles. The monoisotopic (exact) mass is 492 g/mol. The summed E-state index contributed by atoms with van der Waals surface area (Å²) in [6, 6.07) is 20.6. The zero-order valence-electron chi connectivity index (χ0n) is 21.8. The molecule has 0 bridgehead atoms. The summed E-state index contributed by atoms with van der Waals surface area (Å²) in [6.45, 7) is 3.52. The molecule has 0 saturated carbocycles. The molecule has 7 nitrogen and oxygen atoms in total. The summed E-state index contributed by atoms with van der Waals surface area (Å²) in [7, 11) is 8.36. The van der Waals surface area contributed by atoms with Crippen LogP contribution in [-0.4, -0.2) is 58.4 Å². The zero-order chi connectivity index (χ0) is 25.5. The lowest BCUT2D eigenvalue weighted by atomic mass is 10.0. The molecule has 0 N–H and O–H groups in total. The van der Waals surface area contributed by atoms with E-state index in [9.17, 15) is 0 Å². The molecule has 1 aliphatic heterocycles. The minimum absolute atomic E-state index is 0.0160. The van der Waals surface area contributed by atoms with Crippen LogP contribution in [0.4, 0.5) is 0 Å². The maximum Gasteiger partial charge on any atom is 0.203 e. The van der Waals surface area contributed by atoms with Crippen molar-refractivity contribution in [1.82, 2.24) is 9.80 Å². The molecule has 0 aliphatic carbocycles. The maximum absolute atomic E-state index is 5.93. The minimum atomic E-state index is -0.0160. The van der Waals surface area contributed by atoms with E-state index in [2.05, 4.69) is 40.1 Å². The third kappa shape index (κ3) is 5.53. The average Bonchev–Trinajstić information content (AvgIpc) is 2.93. The molecule has 3 aromatic rings. The van der Waals surface area contributed by atoms with Gasteiger partial charge in [0.2, 0.25) is 5.75 Å². The standard InChI is InChI=1S/C29H36N2O5/c1-32-23-11-7-21(8-12-23)19-30-17-6-18-31(20-22-9-13-24(33-2)14-10-22)29(30)25-15-16-26(34-3)28(36-5)27(25)35-4/h7-16,29H,6,17-20H2,1-5H3. The fraction of sp³-hybridized carbons (Fsp3) is 0.379. The molecule has 0 radical (unpaired) electrons. The molecule has 3 aromatic carbocycles. The van der Waals surface area contributed by atoms with Crippen LogP contribution in [0, 0.1) is 0 Å². The molecule has 0 unspecified atom stereocenters. The van der Waals surface area contributed by atoms with Crippen molar-refractivity contribution in [2.45, 2.75) is 25.7 Å². The van der Waals surface area contributed by atoms with Crippen molar-refractivity contribution in [2.24, 2.45) is 0 Å². The van der Waals surface area contributed by atoms with Crippen LogP contribution in [-0.2, 0) is 13.1 Å². The van der Waals surface area contributed by atoms with E-state index in [1.54, 1.807) is 35.5 Å². The van der Waals surface area contributed by atoms with E-state index in [4.69, 9.17) is 23.7 Å². The van der Waals surface area contributed by atoms with Gasteiger partial charge in [0.05, 0.1) is 41.7 Å². The molecule has 192 valence electrons. The molecule has 0 aromatic heterocycles. The first-order valence-electron chi connectivity index (χ1n) is 12.1. The Morgan fingerprint density at radius 1 is 0.583 bits per heavy atom. The predicted octanol–water partition coefficient (Wildman–Crippen LogP) is 5.14. The van der Waals surface area contributed by atoms with E-state index in [-0.39, 0.29) is 6.17 Å².